The number of hydrogen-bond donors (Lipinski definition) is 1. The molecule has 0 aromatic heterocycles. The summed E-state index contributed by atoms with van der Waals surface area (Å²) in [6.45, 7) is 3.81. The Morgan fingerprint density at radius 2 is 1.83 bits per heavy atom. The zero-order valence-corrected chi connectivity index (χ0v) is 15.4. The molecule has 0 heterocycles. The third kappa shape index (κ3) is 4.80. The van der Waals surface area contributed by atoms with Gasteiger partial charge in [-0.1, -0.05) is 44.4 Å². The number of carbonyl (C=O) groups is 1. The number of nitrogens with one attached hydrogen (secondary N) is 1. The van der Waals surface area contributed by atoms with Crippen LogP contribution in [0.15, 0.2) is 35.2 Å². The van der Waals surface area contributed by atoms with Gasteiger partial charge in [-0.25, -0.2) is 8.42 Å². The van der Waals surface area contributed by atoms with Crippen LogP contribution in [0.5, 0.6) is 0 Å². The van der Waals surface area contributed by atoms with Gasteiger partial charge in [0.2, 0.25) is 15.9 Å². The first-order chi connectivity index (χ1) is 11.4. The van der Waals surface area contributed by atoms with Crippen LogP contribution in [0, 0.1) is 0 Å². The van der Waals surface area contributed by atoms with Gasteiger partial charge >= 0.3 is 0 Å². The number of rotatable bonds is 7. The van der Waals surface area contributed by atoms with E-state index in [1.165, 1.54) is 4.31 Å². The second-order valence-corrected chi connectivity index (χ2v) is 8.42. The minimum absolute atomic E-state index is 0.0464. The van der Waals surface area contributed by atoms with Crippen molar-refractivity contribution in [2.45, 2.75) is 69.4 Å². The maximum atomic E-state index is 13.1. The highest BCUT2D eigenvalue weighted by molar-refractivity contribution is 7.89. The monoisotopic (exact) mass is 352 g/mol. The van der Waals surface area contributed by atoms with Gasteiger partial charge in [-0.2, -0.15) is 4.31 Å². The largest absolute Gasteiger partial charge is 0.353 e. The van der Waals surface area contributed by atoms with E-state index in [4.69, 9.17) is 0 Å². The minimum Gasteiger partial charge on any atom is -0.353 e. The first-order valence-corrected chi connectivity index (χ1v) is 10.3. The van der Waals surface area contributed by atoms with Gasteiger partial charge in [-0.05, 0) is 38.3 Å². The topological polar surface area (TPSA) is 66.5 Å². The first-order valence-electron chi connectivity index (χ1n) is 8.81. The molecule has 1 aliphatic rings. The fourth-order valence-corrected chi connectivity index (χ4v) is 4.73. The Bertz CT molecular complexity index is 625. The van der Waals surface area contributed by atoms with E-state index in [0.717, 1.165) is 38.5 Å². The van der Waals surface area contributed by atoms with Crippen molar-refractivity contribution in [1.29, 1.82) is 0 Å². The molecule has 1 aromatic carbocycles. The van der Waals surface area contributed by atoms with Crippen LogP contribution in [0.1, 0.15) is 52.4 Å². The molecule has 0 radical (unpaired) electrons. The summed E-state index contributed by atoms with van der Waals surface area (Å²) in [5.74, 6) is -0.227. The van der Waals surface area contributed by atoms with Crippen LogP contribution in [-0.2, 0) is 14.8 Å². The van der Waals surface area contributed by atoms with Crippen LogP contribution in [-0.4, -0.2) is 37.3 Å². The zero-order valence-electron chi connectivity index (χ0n) is 14.6. The highest BCUT2D eigenvalue weighted by Gasteiger charge is 2.33. The molecule has 1 aromatic rings. The molecule has 1 amide bonds. The molecule has 134 valence electrons. The second-order valence-electron chi connectivity index (χ2n) is 6.53. The van der Waals surface area contributed by atoms with Crippen molar-refractivity contribution >= 4 is 15.9 Å². The average Bonchev–Trinajstić information content (AvgIpc) is 2.61. The van der Waals surface area contributed by atoms with Gasteiger partial charge in [0.05, 0.1) is 11.4 Å². The van der Waals surface area contributed by atoms with E-state index in [2.05, 4.69) is 5.32 Å². The third-order valence-electron chi connectivity index (χ3n) is 4.65. The van der Waals surface area contributed by atoms with Gasteiger partial charge in [0.1, 0.15) is 0 Å². The average molecular weight is 352 g/mol. The number of hydrogen-bond acceptors (Lipinski definition) is 3. The molecule has 0 spiro atoms. The maximum Gasteiger partial charge on any atom is 0.243 e. The molecule has 24 heavy (non-hydrogen) atoms. The highest BCUT2D eigenvalue weighted by Crippen LogP contribution is 2.27. The Labute approximate surface area is 145 Å². The van der Waals surface area contributed by atoms with Crippen LogP contribution in [0.4, 0.5) is 0 Å². The molecule has 6 heteroatoms. The van der Waals surface area contributed by atoms with E-state index in [-0.39, 0.29) is 29.4 Å². The molecule has 0 bridgehead atoms. The highest BCUT2D eigenvalue weighted by atomic mass is 32.2. The normalized spacial score (nSPS) is 17.6. The summed E-state index contributed by atoms with van der Waals surface area (Å²) < 4.78 is 27.6. The van der Waals surface area contributed by atoms with Crippen molar-refractivity contribution in [3.05, 3.63) is 30.3 Å². The van der Waals surface area contributed by atoms with Gasteiger partial charge in [0.25, 0.3) is 0 Å². The third-order valence-corrected chi connectivity index (χ3v) is 6.56. The van der Waals surface area contributed by atoms with Crippen LogP contribution in [0.25, 0.3) is 0 Å². The lowest BCUT2D eigenvalue weighted by Crippen LogP contribution is -2.48. The van der Waals surface area contributed by atoms with Crippen LogP contribution < -0.4 is 5.32 Å². The van der Waals surface area contributed by atoms with Crippen LogP contribution in [0.2, 0.25) is 0 Å². The smallest absolute Gasteiger partial charge is 0.243 e. The summed E-state index contributed by atoms with van der Waals surface area (Å²) in [7, 11) is -3.67. The van der Waals surface area contributed by atoms with Gasteiger partial charge in [0, 0.05) is 12.1 Å². The Morgan fingerprint density at radius 3 is 2.42 bits per heavy atom. The van der Waals surface area contributed by atoms with Gasteiger partial charge in [-0.3, -0.25) is 4.79 Å². The molecule has 1 aliphatic carbocycles. The second kappa shape index (κ2) is 8.62. The molecule has 1 atom stereocenters. The maximum absolute atomic E-state index is 13.1. The molecular weight excluding hydrogens is 324 g/mol. The lowest BCUT2D eigenvalue weighted by molar-refractivity contribution is -0.122. The molecule has 1 N–H and O–H groups in total. The summed E-state index contributed by atoms with van der Waals surface area (Å²) in [4.78, 5) is 12.6. The Balaban J connectivity index is 2.24. The van der Waals surface area contributed by atoms with Crippen LogP contribution in [0.3, 0.4) is 0 Å². The fraction of sp³-hybridized carbons (Fsp3) is 0.611. The summed E-state index contributed by atoms with van der Waals surface area (Å²) in [6, 6.07) is 8.36. The molecule has 1 fully saturated rings. The molecule has 5 nitrogen and oxygen atoms in total. The summed E-state index contributed by atoms with van der Waals surface area (Å²) in [6.07, 6.45) is 5.62. The Hall–Kier alpha value is -1.40. The lowest BCUT2D eigenvalue weighted by atomic mass is 9.95. The van der Waals surface area contributed by atoms with E-state index in [9.17, 15) is 13.2 Å². The Morgan fingerprint density at radius 1 is 1.21 bits per heavy atom. The fourth-order valence-electron chi connectivity index (χ4n) is 3.07. The standard InChI is InChI=1S/C18H28N2O3S/c1-3-15(2)19-18(21)14-20(16-10-6-4-7-11-16)24(22,23)17-12-8-5-9-13-17/h5,8-9,12-13,15-16H,3-4,6-7,10-11,14H2,1-2H3,(H,19,21)/t15-/m1/s1. The zero-order chi connectivity index (χ0) is 17.6. The quantitative estimate of drug-likeness (QED) is 0.820. The molecule has 1 saturated carbocycles. The molecule has 0 unspecified atom stereocenters. The summed E-state index contributed by atoms with van der Waals surface area (Å²) >= 11 is 0. The van der Waals surface area contributed by atoms with E-state index in [1.54, 1.807) is 30.3 Å². The minimum atomic E-state index is -3.67. The molecule has 2 rings (SSSR count). The van der Waals surface area contributed by atoms with Crippen molar-refractivity contribution in [1.82, 2.24) is 9.62 Å². The lowest BCUT2D eigenvalue weighted by Gasteiger charge is -2.33. The van der Waals surface area contributed by atoms with Gasteiger partial charge < -0.3 is 5.32 Å². The predicted octanol–water partition coefficient (Wildman–Crippen LogP) is 2.92. The summed E-state index contributed by atoms with van der Waals surface area (Å²) in [5, 5.41) is 2.88. The van der Waals surface area contributed by atoms with Crippen molar-refractivity contribution < 1.29 is 13.2 Å². The van der Waals surface area contributed by atoms with Gasteiger partial charge in [0.15, 0.2) is 0 Å². The van der Waals surface area contributed by atoms with Crippen molar-refractivity contribution in [3.8, 4) is 0 Å². The number of carbonyl (C=O) groups excluding carboxylic acids is 1. The van der Waals surface area contributed by atoms with E-state index < -0.39 is 10.0 Å². The van der Waals surface area contributed by atoms with E-state index >= 15 is 0 Å². The van der Waals surface area contributed by atoms with Crippen molar-refractivity contribution in [2.24, 2.45) is 0 Å². The summed E-state index contributed by atoms with van der Waals surface area (Å²) in [5.41, 5.74) is 0. The number of sulfonamides is 1. The number of benzene rings is 1. The predicted molar refractivity (Wildman–Crippen MR) is 95.1 cm³/mol. The van der Waals surface area contributed by atoms with E-state index in [0.29, 0.717) is 0 Å². The molecule has 0 aliphatic heterocycles. The van der Waals surface area contributed by atoms with Crippen molar-refractivity contribution in [3.63, 3.8) is 0 Å². The van der Waals surface area contributed by atoms with E-state index in [1.807, 2.05) is 13.8 Å². The number of nitrogens with zero attached hydrogens (tertiary/aromatic N) is 1. The number of amides is 1. The SMILES string of the molecule is CC[C@@H](C)NC(=O)CN(C1CCCCC1)S(=O)(=O)c1ccccc1. The molecular formula is C18H28N2O3S. The Kier molecular flexibility index (Phi) is 6.80. The van der Waals surface area contributed by atoms with Crippen LogP contribution >= 0.6 is 0 Å². The van der Waals surface area contributed by atoms with Gasteiger partial charge in [-0.15, -0.1) is 0 Å². The first kappa shape index (κ1) is 18.9. The molecule has 0 saturated heterocycles. The van der Waals surface area contributed by atoms with Crippen molar-refractivity contribution in [2.75, 3.05) is 6.54 Å².